The summed E-state index contributed by atoms with van der Waals surface area (Å²) in [6.07, 6.45) is 1.55. The van der Waals surface area contributed by atoms with E-state index in [0.717, 1.165) is 51.4 Å². The average molecular weight is 800 g/mol. The number of Topliss-reactive ketones (excluding diaryl/α,β-unsaturated/α-hetero) is 1. The van der Waals surface area contributed by atoms with Gasteiger partial charge in [-0.05, 0) is 79.5 Å². The number of hydrogen-bond donors (Lipinski definition) is 2. The molecule has 1 aliphatic rings. The van der Waals surface area contributed by atoms with Gasteiger partial charge in [0.1, 0.15) is 17.1 Å². The summed E-state index contributed by atoms with van der Waals surface area (Å²) in [4.78, 5) is 31.1. The summed E-state index contributed by atoms with van der Waals surface area (Å²) >= 11 is 4.90. The van der Waals surface area contributed by atoms with Gasteiger partial charge in [-0.15, -0.1) is 11.3 Å². The van der Waals surface area contributed by atoms with Crippen molar-refractivity contribution in [2.75, 3.05) is 18.4 Å². The number of ether oxygens (including phenoxy) is 1. The summed E-state index contributed by atoms with van der Waals surface area (Å²) in [5.41, 5.74) is 4.99. The number of alkyl halides is 1. The van der Waals surface area contributed by atoms with Gasteiger partial charge < -0.3 is 19.8 Å². The number of hydrogen-bond acceptors (Lipinski definition) is 7. The molecule has 0 aliphatic carbocycles. The van der Waals surface area contributed by atoms with Gasteiger partial charge in [-0.3, -0.25) is 4.79 Å². The summed E-state index contributed by atoms with van der Waals surface area (Å²) in [5.74, 6) is 1.09. The van der Waals surface area contributed by atoms with E-state index in [2.05, 4.69) is 75.0 Å². The number of phenols is 2. The molecule has 1 saturated heterocycles. The molecule has 0 radical (unpaired) electrons. The van der Waals surface area contributed by atoms with E-state index in [1.807, 2.05) is 79.3 Å². The highest BCUT2D eigenvalue weighted by atomic mass is 79.9. The van der Waals surface area contributed by atoms with Gasteiger partial charge in [0.2, 0.25) is 0 Å². The van der Waals surface area contributed by atoms with E-state index in [4.69, 9.17) is 9.72 Å². The van der Waals surface area contributed by atoms with Crippen LogP contribution in [-0.2, 0) is 26.4 Å². The maximum absolute atomic E-state index is 12.4. The summed E-state index contributed by atoms with van der Waals surface area (Å²) in [7, 11) is 0. The Kier molecular flexibility index (Phi) is 13.2. The molecule has 0 unspecified atom stereocenters. The molecule has 3 aromatic rings. The van der Waals surface area contributed by atoms with Gasteiger partial charge in [-0.25, -0.2) is 9.78 Å². The molecule has 52 heavy (non-hydrogen) atoms. The van der Waals surface area contributed by atoms with E-state index in [0.29, 0.717) is 41.4 Å². The lowest BCUT2D eigenvalue weighted by Gasteiger charge is -2.32. The Balaban J connectivity index is 0.000000326. The highest BCUT2D eigenvalue weighted by Gasteiger charge is 2.31. The number of thiazole rings is 1. The Hall–Kier alpha value is -2.91. The lowest BCUT2D eigenvalue weighted by atomic mass is 9.78. The first-order valence-corrected chi connectivity index (χ1v) is 20.3. The molecular weight excluding hydrogens is 736 g/mol. The zero-order chi connectivity index (χ0) is 39.8. The van der Waals surface area contributed by atoms with E-state index in [-0.39, 0.29) is 33.5 Å². The smallest absolute Gasteiger partial charge is 0.410 e. The van der Waals surface area contributed by atoms with Gasteiger partial charge in [0.05, 0.1) is 16.0 Å². The Morgan fingerprint density at radius 1 is 0.750 bits per heavy atom. The molecule has 2 heterocycles. The number of amides is 1. The predicted octanol–water partition coefficient (Wildman–Crippen LogP) is 11.8. The van der Waals surface area contributed by atoms with Crippen molar-refractivity contribution < 1.29 is 24.5 Å². The number of ketones is 1. The number of piperidine rings is 1. The van der Waals surface area contributed by atoms with Crippen molar-refractivity contribution in [3.8, 4) is 22.8 Å². The van der Waals surface area contributed by atoms with Crippen molar-refractivity contribution in [2.24, 2.45) is 0 Å². The highest BCUT2D eigenvalue weighted by Crippen LogP contribution is 2.43. The zero-order valence-electron chi connectivity index (χ0n) is 34.3. The van der Waals surface area contributed by atoms with Crippen molar-refractivity contribution in [1.82, 2.24) is 9.88 Å². The Labute approximate surface area is 325 Å². The van der Waals surface area contributed by atoms with Crippen LogP contribution in [0.5, 0.6) is 11.5 Å². The second-order valence-electron chi connectivity index (χ2n) is 19.2. The van der Waals surface area contributed by atoms with Crippen LogP contribution in [0.4, 0.5) is 4.79 Å². The van der Waals surface area contributed by atoms with E-state index >= 15 is 0 Å². The summed E-state index contributed by atoms with van der Waals surface area (Å²) < 4.78 is 5.52. The molecule has 1 fully saturated rings. The van der Waals surface area contributed by atoms with Crippen LogP contribution in [0.15, 0.2) is 29.6 Å². The fraction of sp³-hybridized carbons (Fsp3) is 0.605. The molecule has 0 saturated carbocycles. The third-order valence-corrected chi connectivity index (χ3v) is 10.7. The molecule has 7 nitrogen and oxygen atoms in total. The molecule has 0 spiro atoms. The lowest BCUT2D eigenvalue weighted by molar-refractivity contribution is 0.0204. The average Bonchev–Trinajstić information content (AvgIpc) is 3.48. The number of carbonyl (C=O) groups excluding carboxylic acids is 2. The molecule has 0 bridgehead atoms. The van der Waals surface area contributed by atoms with Gasteiger partial charge in [0, 0.05) is 57.8 Å². The van der Waals surface area contributed by atoms with Crippen molar-refractivity contribution in [3.05, 3.63) is 62.5 Å². The van der Waals surface area contributed by atoms with Gasteiger partial charge in [0.15, 0.2) is 5.78 Å². The first-order chi connectivity index (χ1) is 23.5. The number of aromatic hydroxyl groups is 2. The number of carbonyl (C=O) groups is 2. The normalized spacial score (nSPS) is 14.9. The minimum atomic E-state index is -0.472. The van der Waals surface area contributed by atoms with E-state index in [1.54, 1.807) is 11.3 Å². The highest BCUT2D eigenvalue weighted by molar-refractivity contribution is 9.09. The van der Waals surface area contributed by atoms with Gasteiger partial charge in [-0.2, -0.15) is 0 Å². The van der Waals surface area contributed by atoms with Crippen LogP contribution in [0.3, 0.4) is 0 Å². The molecular formula is C43H63BrN2O5S. The van der Waals surface area contributed by atoms with Gasteiger partial charge in [0.25, 0.3) is 0 Å². The van der Waals surface area contributed by atoms with Crippen molar-refractivity contribution in [3.63, 3.8) is 0 Å². The summed E-state index contributed by atoms with van der Waals surface area (Å²) in [5, 5.41) is 25.1. The molecule has 9 heteroatoms. The first-order valence-electron chi connectivity index (χ1n) is 18.3. The number of rotatable bonds is 4. The van der Waals surface area contributed by atoms with Gasteiger partial charge in [-0.1, -0.05) is 99.0 Å². The number of halogens is 1. The molecule has 1 aromatic heterocycles. The fourth-order valence-corrected chi connectivity index (χ4v) is 7.51. The molecule has 2 aromatic carbocycles. The van der Waals surface area contributed by atoms with E-state index in [1.165, 1.54) is 0 Å². The number of aromatic nitrogens is 1. The van der Waals surface area contributed by atoms with Crippen LogP contribution in [0, 0.1) is 0 Å². The maximum Gasteiger partial charge on any atom is 0.410 e. The van der Waals surface area contributed by atoms with Crippen LogP contribution in [0.1, 0.15) is 160 Å². The lowest BCUT2D eigenvalue weighted by Crippen LogP contribution is -2.41. The van der Waals surface area contributed by atoms with Crippen LogP contribution in [0.25, 0.3) is 11.3 Å². The van der Waals surface area contributed by atoms with Crippen molar-refractivity contribution in [2.45, 2.75) is 150 Å². The number of nitrogens with zero attached hydrogens (tertiary/aromatic N) is 2. The molecule has 4 rings (SSSR count). The monoisotopic (exact) mass is 798 g/mol. The third-order valence-electron chi connectivity index (χ3n) is 9.21. The Bertz CT molecular complexity index is 1660. The second-order valence-corrected chi connectivity index (χ2v) is 20.7. The predicted molar refractivity (Wildman–Crippen MR) is 220 cm³/mol. The summed E-state index contributed by atoms with van der Waals surface area (Å²) in [6.45, 7) is 32.1. The third kappa shape index (κ3) is 11.1. The van der Waals surface area contributed by atoms with Crippen LogP contribution in [0.2, 0.25) is 0 Å². The van der Waals surface area contributed by atoms with E-state index in [9.17, 15) is 19.8 Å². The zero-order valence-corrected chi connectivity index (χ0v) is 36.7. The largest absolute Gasteiger partial charge is 0.507 e. The van der Waals surface area contributed by atoms with Gasteiger partial charge >= 0.3 is 6.09 Å². The van der Waals surface area contributed by atoms with Crippen LogP contribution < -0.4 is 0 Å². The minimum absolute atomic E-state index is 0.0380. The van der Waals surface area contributed by atoms with Crippen LogP contribution >= 0.6 is 27.3 Å². The number of likely N-dealkylation sites (tertiary alicyclic amines) is 1. The second kappa shape index (κ2) is 15.8. The summed E-state index contributed by atoms with van der Waals surface area (Å²) in [6, 6.07) is 7.81. The molecule has 288 valence electrons. The van der Waals surface area contributed by atoms with Crippen LogP contribution in [-0.4, -0.2) is 56.0 Å². The molecule has 2 N–H and O–H groups in total. The Morgan fingerprint density at radius 3 is 1.52 bits per heavy atom. The standard InChI is InChI=1S/C27H40N2O3S.C16H23BrO2/c1-25(2,3)19-14-18(15-20(22(19)30)26(4,5)6)21-16-33-23(28-21)17-10-12-29(13-11-17)24(31)32-27(7,8)9;1-15(2,3)11-7-10(13(18)9-17)8-12(14(11)19)16(4,5)6/h14-17,30H,10-13H2,1-9H3;7-8,19H,9H2,1-6H3. The van der Waals surface area contributed by atoms with Crippen molar-refractivity contribution >= 4 is 39.1 Å². The number of benzene rings is 2. The Morgan fingerprint density at radius 2 is 1.15 bits per heavy atom. The van der Waals surface area contributed by atoms with E-state index < -0.39 is 5.60 Å². The molecule has 1 amide bonds. The quantitative estimate of drug-likeness (QED) is 0.201. The number of phenolic OH excluding ortho intramolecular Hbond substituents is 2. The fourth-order valence-electron chi connectivity index (χ4n) is 6.19. The van der Waals surface area contributed by atoms with Crippen molar-refractivity contribution in [1.29, 1.82) is 0 Å². The molecule has 1 aliphatic heterocycles. The molecule has 0 atom stereocenters. The minimum Gasteiger partial charge on any atom is -0.507 e. The topological polar surface area (TPSA) is 100.0 Å². The maximum atomic E-state index is 12.4. The SMILES string of the molecule is CC(C)(C)OC(=O)N1CCC(c2nc(-c3cc(C(C)(C)C)c(O)c(C(C)(C)C)c3)cs2)CC1.CC(C)(C)c1cc(C(=O)CBr)cc(C(C)(C)C)c1O. The first kappa shape index (κ1) is 43.5.